The highest BCUT2D eigenvalue weighted by atomic mass is 35.5. The Kier molecular flexibility index (Phi) is 5.42. The van der Waals surface area contributed by atoms with Crippen LogP contribution in [0.3, 0.4) is 0 Å². The van der Waals surface area contributed by atoms with Crippen LogP contribution in [0.2, 0.25) is 5.15 Å². The van der Waals surface area contributed by atoms with Crippen molar-refractivity contribution >= 4 is 40.1 Å². The first-order valence-electron chi connectivity index (χ1n) is 8.49. The Morgan fingerprint density at radius 2 is 1.85 bits per heavy atom. The fourth-order valence-corrected chi connectivity index (χ4v) is 2.85. The molecule has 138 valence electrons. The van der Waals surface area contributed by atoms with E-state index in [1.54, 1.807) is 37.3 Å². The molecule has 0 aliphatic heterocycles. The number of aryl methyl sites for hydroxylation is 2. The van der Waals surface area contributed by atoms with Gasteiger partial charge in [-0.3, -0.25) is 4.79 Å². The molecule has 5 nitrogen and oxygen atoms in total. The summed E-state index contributed by atoms with van der Waals surface area (Å²) in [6.07, 6.45) is -0.933. The second kappa shape index (κ2) is 7.76. The number of hydrogen-bond donors (Lipinski definition) is 1. The molecule has 2 aromatic carbocycles. The van der Waals surface area contributed by atoms with Crippen molar-refractivity contribution in [2.24, 2.45) is 0 Å². The predicted octanol–water partition coefficient (Wildman–Crippen LogP) is 4.69. The van der Waals surface area contributed by atoms with E-state index < -0.39 is 12.1 Å². The summed E-state index contributed by atoms with van der Waals surface area (Å²) in [4.78, 5) is 28.9. The van der Waals surface area contributed by atoms with E-state index in [-0.39, 0.29) is 5.91 Å². The number of nitrogens with one attached hydrogen (secondary N) is 1. The third kappa shape index (κ3) is 4.44. The normalized spacial score (nSPS) is 11.9. The van der Waals surface area contributed by atoms with E-state index >= 15 is 0 Å². The molecule has 1 aromatic heterocycles. The van der Waals surface area contributed by atoms with Crippen LogP contribution in [0.5, 0.6) is 0 Å². The number of fused-ring (bicyclic) bond motifs is 1. The van der Waals surface area contributed by atoms with Crippen LogP contribution in [0.1, 0.15) is 28.4 Å². The number of aromatic nitrogens is 1. The number of anilines is 1. The molecule has 3 rings (SSSR count). The van der Waals surface area contributed by atoms with E-state index in [1.807, 2.05) is 32.0 Å². The van der Waals surface area contributed by atoms with Crippen LogP contribution in [-0.4, -0.2) is 23.0 Å². The van der Waals surface area contributed by atoms with E-state index in [9.17, 15) is 9.59 Å². The molecule has 3 aromatic rings. The Bertz CT molecular complexity index is 1030. The molecular weight excluding hydrogens is 364 g/mol. The number of carbonyl (C=O) groups excluding carboxylic acids is 2. The Morgan fingerprint density at radius 1 is 1.07 bits per heavy atom. The van der Waals surface area contributed by atoms with Crippen molar-refractivity contribution in [3.8, 4) is 0 Å². The molecule has 27 heavy (non-hydrogen) atoms. The first-order valence-corrected chi connectivity index (χ1v) is 8.87. The highest BCUT2D eigenvalue weighted by molar-refractivity contribution is 6.29. The van der Waals surface area contributed by atoms with E-state index in [2.05, 4.69) is 10.3 Å². The molecule has 1 N–H and O–H groups in total. The smallest absolute Gasteiger partial charge is 0.338 e. The lowest BCUT2D eigenvalue weighted by molar-refractivity contribution is -0.123. The summed E-state index contributed by atoms with van der Waals surface area (Å²) in [6.45, 7) is 5.43. The van der Waals surface area contributed by atoms with Gasteiger partial charge in [-0.25, -0.2) is 9.78 Å². The van der Waals surface area contributed by atoms with Crippen LogP contribution in [0.15, 0.2) is 48.5 Å². The van der Waals surface area contributed by atoms with E-state index in [0.717, 1.165) is 16.5 Å². The van der Waals surface area contributed by atoms with Crippen molar-refractivity contribution in [1.29, 1.82) is 0 Å². The molecule has 6 heteroatoms. The molecule has 1 amide bonds. The monoisotopic (exact) mass is 382 g/mol. The largest absolute Gasteiger partial charge is 0.449 e. The van der Waals surface area contributed by atoms with Gasteiger partial charge in [-0.1, -0.05) is 29.3 Å². The quantitative estimate of drug-likeness (QED) is 0.525. The van der Waals surface area contributed by atoms with E-state index in [4.69, 9.17) is 16.3 Å². The number of rotatable bonds is 4. The summed E-state index contributed by atoms with van der Waals surface area (Å²) < 4.78 is 5.31. The molecule has 0 fully saturated rings. The van der Waals surface area contributed by atoms with Gasteiger partial charge in [-0.05, 0) is 62.7 Å². The maximum Gasteiger partial charge on any atom is 0.338 e. The summed E-state index contributed by atoms with van der Waals surface area (Å²) in [5.41, 5.74) is 3.78. The van der Waals surface area contributed by atoms with Crippen LogP contribution in [0.4, 0.5) is 5.69 Å². The van der Waals surface area contributed by atoms with Crippen molar-refractivity contribution in [3.05, 3.63) is 70.4 Å². The lowest BCUT2D eigenvalue weighted by atomic mass is 10.1. The Hall–Kier alpha value is -2.92. The molecule has 1 unspecified atom stereocenters. The molecule has 0 aliphatic rings. The van der Waals surface area contributed by atoms with Crippen LogP contribution in [0.25, 0.3) is 10.9 Å². The van der Waals surface area contributed by atoms with E-state index in [0.29, 0.717) is 21.9 Å². The van der Waals surface area contributed by atoms with Crippen molar-refractivity contribution in [2.45, 2.75) is 26.9 Å². The number of ether oxygens (including phenoxy) is 1. The molecule has 0 saturated carbocycles. The Morgan fingerprint density at radius 3 is 2.59 bits per heavy atom. The second-order valence-electron chi connectivity index (χ2n) is 6.40. The number of nitrogens with zero attached hydrogens (tertiary/aromatic N) is 1. The number of esters is 1. The highest BCUT2D eigenvalue weighted by Crippen LogP contribution is 2.19. The zero-order valence-corrected chi connectivity index (χ0v) is 16.0. The average molecular weight is 383 g/mol. The number of carbonyl (C=O) groups is 2. The Labute approximate surface area is 162 Å². The van der Waals surface area contributed by atoms with Gasteiger partial charge in [0.2, 0.25) is 0 Å². The minimum atomic E-state index is -0.933. The SMILES string of the molecule is Cc1ccc(NC(=O)C(C)OC(=O)c2ccc3nc(Cl)ccc3c2)c(C)c1. The van der Waals surface area contributed by atoms with Gasteiger partial charge >= 0.3 is 5.97 Å². The predicted molar refractivity (Wildman–Crippen MR) is 106 cm³/mol. The standard InChI is InChI=1S/C21H19ClN2O3/c1-12-4-7-17(13(2)10-12)24-20(25)14(3)27-21(26)16-5-8-18-15(11-16)6-9-19(22)23-18/h4-11,14H,1-3H3,(H,24,25). The van der Waals surface area contributed by atoms with Crippen LogP contribution < -0.4 is 5.32 Å². The number of amides is 1. The summed E-state index contributed by atoms with van der Waals surface area (Å²) in [6, 6.07) is 14.1. The van der Waals surface area contributed by atoms with Crippen LogP contribution in [0, 0.1) is 13.8 Å². The molecule has 0 radical (unpaired) electrons. The fourth-order valence-electron chi connectivity index (χ4n) is 2.70. The van der Waals surface area contributed by atoms with Gasteiger partial charge in [-0.15, -0.1) is 0 Å². The maximum absolute atomic E-state index is 12.4. The van der Waals surface area contributed by atoms with Crippen LogP contribution in [-0.2, 0) is 9.53 Å². The van der Waals surface area contributed by atoms with Crippen LogP contribution >= 0.6 is 11.6 Å². The summed E-state index contributed by atoms with van der Waals surface area (Å²) >= 11 is 5.86. The van der Waals surface area contributed by atoms with Crippen molar-refractivity contribution < 1.29 is 14.3 Å². The summed E-state index contributed by atoms with van der Waals surface area (Å²) in [5.74, 6) is -0.959. The van der Waals surface area contributed by atoms with Gasteiger partial charge in [0, 0.05) is 11.1 Å². The van der Waals surface area contributed by atoms with Gasteiger partial charge in [0.15, 0.2) is 6.10 Å². The minimum absolute atomic E-state index is 0.345. The van der Waals surface area contributed by atoms with Gasteiger partial charge in [0.25, 0.3) is 5.91 Å². The number of pyridine rings is 1. The van der Waals surface area contributed by atoms with E-state index in [1.165, 1.54) is 0 Å². The second-order valence-corrected chi connectivity index (χ2v) is 6.78. The topological polar surface area (TPSA) is 68.3 Å². The van der Waals surface area contributed by atoms with Crippen molar-refractivity contribution in [3.63, 3.8) is 0 Å². The molecule has 0 bridgehead atoms. The lowest BCUT2D eigenvalue weighted by Crippen LogP contribution is -2.30. The fraction of sp³-hybridized carbons (Fsp3) is 0.190. The van der Waals surface area contributed by atoms with Gasteiger partial charge in [0.05, 0.1) is 11.1 Å². The van der Waals surface area contributed by atoms with Gasteiger partial charge in [-0.2, -0.15) is 0 Å². The average Bonchev–Trinajstić information content (AvgIpc) is 2.63. The number of halogens is 1. The Balaban J connectivity index is 1.69. The number of hydrogen-bond acceptors (Lipinski definition) is 4. The summed E-state index contributed by atoms with van der Waals surface area (Å²) in [5, 5.41) is 3.94. The maximum atomic E-state index is 12.4. The zero-order valence-electron chi connectivity index (χ0n) is 15.2. The highest BCUT2D eigenvalue weighted by Gasteiger charge is 2.20. The summed E-state index contributed by atoms with van der Waals surface area (Å²) in [7, 11) is 0. The zero-order chi connectivity index (χ0) is 19.6. The van der Waals surface area contributed by atoms with Gasteiger partial charge < -0.3 is 10.1 Å². The molecule has 0 aliphatic carbocycles. The minimum Gasteiger partial charge on any atom is -0.449 e. The molecule has 1 atom stereocenters. The van der Waals surface area contributed by atoms with Gasteiger partial charge in [0.1, 0.15) is 5.15 Å². The lowest BCUT2D eigenvalue weighted by Gasteiger charge is -2.15. The molecular formula is C21H19ClN2O3. The molecule has 1 heterocycles. The number of benzene rings is 2. The van der Waals surface area contributed by atoms with Crippen molar-refractivity contribution in [1.82, 2.24) is 4.98 Å². The first kappa shape index (κ1) is 18.9. The molecule has 0 spiro atoms. The first-order chi connectivity index (χ1) is 12.8. The molecule has 0 saturated heterocycles. The third-order valence-electron chi connectivity index (χ3n) is 4.18. The van der Waals surface area contributed by atoms with Crippen molar-refractivity contribution in [2.75, 3.05) is 5.32 Å². The third-order valence-corrected chi connectivity index (χ3v) is 4.39.